The van der Waals surface area contributed by atoms with Gasteiger partial charge in [-0.05, 0) is 0 Å². The van der Waals surface area contributed by atoms with E-state index in [2.05, 4.69) is 36.5 Å². The van der Waals surface area contributed by atoms with Crippen molar-refractivity contribution in [2.45, 2.75) is 19.3 Å². The Hall–Kier alpha value is -0.846. The molecule has 0 fully saturated rings. The van der Waals surface area contributed by atoms with Gasteiger partial charge in [-0.2, -0.15) is 18.2 Å². The second-order valence-corrected chi connectivity index (χ2v) is 3.01. The van der Waals surface area contributed by atoms with Crippen LogP contribution in [0.25, 0.3) is 0 Å². The molecule has 18 heavy (non-hydrogen) atoms. The molecule has 0 atom stereocenters. The van der Waals surface area contributed by atoms with Gasteiger partial charge < -0.3 is 14.9 Å². The van der Waals surface area contributed by atoms with Gasteiger partial charge in [0.1, 0.15) is 0 Å². The van der Waals surface area contributed by atoms with Crippen LogP contribution >= 0.6 is 0 Å². The molecule has 0 aliphatic heterocycles. The first-order chi connectivity index (χ1) is 7.50. The van der Waals surface area contributed by atoms with E-state index in [-0.39, 0.29) is 36.6 Å². The summed E-state index contributed by atoms with van der Waals surface area (Å²) < 4.78 is 0. The van der Waals surface area contributed by atoms with Crippen molar-refractivity contribution in [1.29, 1.82) is 0 Å². The van der Waals surface area contributed by atoms with E-state index < -0.39 is 0 Å². The van der Waals surface area contributed by atoms with Crippen LogP contribution in [0.1, 0.15) is 19.3 Å². The fraction of sp³-hybridized carbons (Fsp3) is 0.176. The minimum absolute atomic E-state index is 0. The average Bonchev–Trinajstić information content (AvgIpc) is 3.09. The molecule has 3 aliphatic rings. The van der Waals surface area contributed by atoms with Crippen LogP contribution in [0.2, 0.25) is 0 Å². The number of allylic oxidation sites excluding steroid dienone is 12. The van der Waals surface area contributed by atoms with Crippen LogP contribution in [0, 0.1) is 33.1 Å². The number of hydrogen-bond acceptors (Lipinski definition) is 0. The van der Waals surface area contributed by atoms with Gasteiger partial charge in [0, 0.05) is 21.7 Å². The Kier molecular flexibility index (Phi) is 23.0. The molecule has 0 nitrogen and oxygen atoms in total. The third kappa shape index (κ3) is 15.2. The molecular weight excluding hydrogens is 252 g/mol. The molecule has 0 bridgehead atoms. The van der Waals surface area contributed by atoms with Gasteiger partial charge in [0.05, 0.1) is 0 Å². The van der Waals surface area contributed by atoms with Crippen molar-refractivity contribution in [3.63, 3.8) is 0 Å². The van der Waals surface area contributed by atoms with Gasteiger partial charge in [-0.3, -0.25) is 18.2 Å². The molecule has 0 aromatic heterocycles. The maximum absolute atomic E-state index is 2.99. The zero-order chi connectivity index (χ0) is 10.6. The summed E-state index contributed by atoms with van der Waals surface area (Å²) in [6, 6.07) is 0. The van der Waals surface area contributed by atoms with Crippen molar-refractivity contribution in [2.24, 2.45) is 0 Å². The maximum atomic E-state index is 2.99. The number of rotatable bonds is 0. The van der Waals surface area contributed by atoms with E-state index in [0.29, 0.717) is 0 Å². The smallest absolute Gasteiger partial charge is 0 e. The number of hydrogen-bond donors (Lipinski definition) is 0. The zero-order valence-electron chi connectivity index (χ0n) is 11.3. The van der Waals surface area contributed by atoms with Crippen LogP contribution in [-0.2, 0) is 21.7 Å². The fourth-order valence-electron chi connectivity index (χ4n) is 1.02. The first kappa shape index (κ1) is 22.3. The molecule has 0 N–H and O–H groups in total. The van der Waals surface area contributed by atoms with E-state index in [1.165, 1.54) is 0 Å². The Bertz CT molecular complexity index is 232. The minimum atomic E-state index is 0. The van der Waals surface area contributed by atoms with Gasteiger partial charge in [-0.15, -0.1) is 19.3 Å². The predicted octanol–water partition coefficient (Wildman–Crippen LogP) is 4.82. The molecular formula is C17H21Ti-5. The predicted molar refractivity (Wildman–Crippen MR) is 77.5 cm³/mol. The summed E-state index contributed by atoms with van der Waals surface area (Å²) in [5, 5.41) is 0. The van der Waals surface area contributed by atoms with Crippen molar-refractivity contribution in [3.8, 4) is 0 Å². The van der Waals surface area contributed by atoms with Crippen LogP contribution in [0.5, 0.6) is 0 Å². The molecule has 1 heteroatoms. The van der Waals surface area contributed by atoms with Gasteiger partial charge in [-0.25, -0.2) is 36.5 Å². The largest absolute Gasteiger partial charge is 0.358 e. The van der Waals surface area contributed by atoms with E-state index in [1.54, 1.807) is 0 Å². The summed E-state index contributed by atoms with van der Waals surface area (Å²) in [4.78, 5) is 0. The Balaban J connectivity index is -0.000000173. The van der Waals surface area contributed by atoms with Crippen molar-refractivity contribution in [2.75, 3.05) is 0 Å². The van der Waals surface area contributed by atoms with Crippen LogP contribution in [0.3, 0.4) is 0 Å². The van der Waals surface area contributed by atoms with E-state index in [0.717, 1.165) is 19.3 Å². The van der Waals surface area contributed by atoms with E-state index in [1.807, 2.05) is 36.5 Å². The molecule has 0 amide bonds. The molecule has 98 valence electrons. The molecule has 3 rings (SSSR count). The van der Waals surface area contributed by atoms with Crippen LogP contribution in [-0.4, -0.2) is 0 Å². The first-order valence-corrected chi connectivity index (χ1v) is 5.15. The molecule has 3 aliphatic carbocycles. The molecule has 0 unspecified atom stereocenters. The fourth-order valence-corrected chi connectivity index (χ4v) is 1.02. The van der Waals surface area contributed by atoms with E-state index >= 15 is 0 Å². The average molecular weight is 273 g/mol. The summed E-state index contributed by atoms with van der Waals surface area (Å²) in [5.41, 5.74) is 0. The Morgan fingerprint density at radius 2 is 0.833 bits per heavy atom. The van der Waals surface area contributed by atoms with Crippen LogP contribution in [0.15, 0.2) is 54.7 Å². The summed E-state index contributed by atoms with van der Waals surface area (Å²) in [6.45, 7) is 0. The molecule has 0 spiro atoms. The standard InChI is InChI=1S/3C5H5.2CH3.Ti/c3*1-2-4-5-3-1;;;/h3*1-3H,4H2;2*1H3;/q5*-1;. The van der Waals surface area contributed by atoms with Crippen LogP contribution < -0.4 is 0 Å². The molecule has 0 radical (unpaired) electrons. The third-order valence-corrected chi connectivity index (χ3v) is 1.76. The Morgan fingerprint density at radius 3 is 0.889 bits per heavy atom. The van der Waals surface area contributed by atoms with Crippen LogP contribution in [0.4, 0.5) is 0 Å². The first-order valence-electron chi connectivity index (χ1n) is 5.15. The molecule has 0 aromatic rings. The Labute approximate surface area is 128 Å². The van der Waals surface area contributed by atoms with Gasteiger partial charge in [-0.1, -0.05) is 0 Å². The van der Waals surface area contributed by atoms with Crippen molar-refractivity contribution >= 4 is 0 Å². The quantitative estimate of drug-likeness (QED) is 0.438. The summed E-state index contributed by atoms with van der Waals surface area (Å²) >= 11 is 0. The van der Waals surface area contributed by atoms with Gasteiger partial charge in [0.25, 0.3) is 0 Å². The zero-order valence-corrected chi connectivity index (χ0v) is 12.9. The minimum Gasteiger partial charge on any atom is -0.358 e. The van der Waals surface area contributed by atoms with E-state index in [9.17, 15) is 0 Å². The monoisotopic (exact) mass is 273 g/mol. The van der Waals surface area contributed by atoms with Gasteiger partial charge >= 0.3 is 0 Å². The van der Waals surface area contributed by atoms with Gasteiger partial charge in [0.15, 0.2) is 0 Å². The molecule has 0 aromatic carbocycles. The van der Waals surface area contributed by atoms with Crippen molar-refractivity contribution in [1.82, 2.24) is 0 Å². The molecule has 0 saturated heterocycles. The maximum Gasteiger partial charge on any atom is 0 e. The SMILES string of the molecule is [C-]1=CC=CC1.[C-]1=CC=CC1.[C-]1=CC=CC1.[CH3-].[CH3-].[Ti]. The van der Waals surface area contributed by atoms with Crippen molar-refractivity contribution < 1.29 is 21.7 Å². The van der Waals surface area contributed by atoms with E-state index in [4.69, 9.17) is 0 Å². The normalized spacial score (nSPS) is 14.7. The van der Waals surface area contributed by atoms with Gasteiger partial charge in [0.2, 0.25) is 0 Å². The second-order valence-electron chi connectivity index (χ2n) is 3.01. The third-order valence-electron chi connectivity index (χ3n) is 1.76. The summed E-state index contributed by atoms with van der Waals surface area (Å²) in [6.07, 6.45) is 30.0. The second kappa shape index (κ2) is 18.5. The molecule has 0 heterocycles. The Morgan fingerprint density at radius 1 is 0.556 bits per heavy atom. The molecule has 0 saturated carbocycles. The van der Waals surface area contributed by atoms with Crippen molar-refractivity contribution in [3.05, 3.63) is 87.8 Å². The summed E-state index contributed by atoms with van der Waals surface area (Å²) in [5.74, 6) is 0. The summed E-state index contributed by atoms with van der Waals surface area (Å²) in [7, 11) is 0. The topological polar surface area (TPSA) is 0 Å².